The Hall–Kier alpha value is -1.97. The van der Waals surface area contributed by atoms with Crippen LogP contribution in [0.1, 0.15) is 24.8 Å². The van der Waals surface area contributed by atoms with E-state index in [0.29, 0.717) is 37.5 Å². The molecule has 1 aliphatic carbocycles. The number of hydrogen-bond donors (Lipinski definition) is 1. The minimum absolute atomic E-state index is 0.0527. The van der Waals surface area contributed by atoms with Crippen LogP contribution >= 0.6 is 0 Å². The van der Waals surface area contributed by atoms with Crippen LogP contribution in [0.4, 0.5) is 0 Å². The lowest BCUT2D eigenvalue weighted by molar-refractivity contribution is -0.135. The van der Waals surface area contributed by atoms with E-state index >= 15 is 0 Å². The lowest BCUT2D eigenvalue weighted by Gasteiger charge is -2.24. The number of nitrogens with one attached hydrogen (secondary N) is 1. The van der Waals surface area contributed by atoms with E-state index in [9.17, 15) is 18.0 Å². The smallest absolute Gasteiger partial charge is 0.243 e. The Morgan fingerprint density at radius 3 is 2.45 bits per heavy atom. The molecule has 9 heteroatoms. The monoisotopic (exact) mass is 422 g/mol. The summed E-state index contributed by atoms with van der Waals surface area (Å²) in [5.41, 5.74) is 1.01. The van der Waals surface area contributed by atoms with Crippen LogP contribution in [0.25, 0.3) is 0 Å². The average Bonchev–Trinajstić information content (AvgIpc) is 3.49. The van der Waals surface area contributed by atoms with Crippen molar-refractivity contribution >= 4 is 21.8 Å². The van der Waals surface area contributed by atoms with Gasteiger partial charge in [-0.05, 0) is 44.9 Å². The number of carbonyl (C=O) groups is 2. The molecule has 1 aliphatic heterocycles. The summed E-state index contributed by atoms with van der Waals surface area (Å²) in [6, 6.07) is 7.14. The molecule has 0 radical (unpaired) electrons. The SMILES string of the molecule is Cc1ccc(S(=O)(=O)N2CCCN(CC(=O)N(C)CC(=O)NC3CC3)CC2)cc1. The molecular formula is C20H30N4O4S. The highest BCUT2D eigenvalue weighted by atomic mass is 32.2. The van der Waals surface area contributed by atoms with Crippen molar-refractivity contribution in [3.63, 3.8) is 0 Å². The molecule has 160 valence electrons. The van der Waals surface area contributed by atoms with Gasteiger partial charge in [-0.1, -0.05) is 17.7 Å². The summed E-state index contributed by atoms with van der Waals surface area (Å²) < 4.78 is 27.3. The Labute approximate surface area is 172 Å². The van der Waals surface area contributed by atoms with Crippen molar-refractivity contribution in [2.45, 2.75) is 37.1 Å². The number of benzene rings is 1. The van der Waals surface area contributed by atoms with E-state index in [1.807, 2.05) is 11.8 Å². The van der Waals surface area contributed by atoms with Crippen molar-refractivity contribution in [2.24, 2.45) is 0 Å². The highest BCUT2D eigenvalue weighted by molar-refractivity contribution is 7.89. The van der Waals surface area contributed by atoms with Crippen molar-refractivity contribution < 1.29 is 18.0 Å². The van der Waals surface area contributed by atoms with Crippen molar-refractivity contribution in [3.05, 3.63) is 29.8 Å². The minimum atomic E-state index is -3.53. The highest BCUT2D eigenvalue weighted by Crippen LogP contribution is 2.19. The summed E-state index contributed by atoms with van der Waals surface area (Å²) >= 11 is 0. The number of carbonyl (C=O) groups excluding carboxylic acids is 2. The van der Waals surface area contributed by atoms with Crippen molar-refractivity contribution in [1.82, 2.24) is 19.4 Å². The van der Waals surface area contributed by atoms with E-state index in [1.165, 1.54) is 9.21 Å². The predicted octanol–water partition coefficient (Wildman–Crippen LogP) is 0.428. The largest absolute Gasteiger partial charge is 0.352 e. The molecule has 0 spiro atoms. The van der Waals surface area contributed by atoms with Gasteiger partial charge in [0.05, 0.1) is 18.0 Å². The maximum Gasteiger partial charge on any atom is 0.243 e. The van der Waals surface area contributed by atoms with Crippen molar-refractivity contribution in [3.8, 4) is 0 Å². The van der Waals surface area contributed by atoms with Crippen LogP contribution in [0.3, 0.4) is 0 Å². The summed E-state index contributed by atoms with van der Waals surface area (Å²) in [4.78, 5) is 28.0. The molecule has 1 saturated heterocycles. The number of likely N-dealkylation sites (N-methyl/N-ethyl adjacent to an activating group) is 1. The lowest BCUT2D eigenvalue weighted by atomic mass is 10.2. The molecule has 29 heavy (non-hydrogen) atoms. The topological polar surface area (TPSA) is 90.0 Å². The van der Waals surface area contributed by atoms with Crippen LogP contribution in [0, 0.1) is 6.92 Å². The normalized spacial score (nSPS) is 18.8. The van der Waals surface area contributed by atoms with E-state index < -0.39 is 10.0 Å². The van der Waals surface area contributed by atoms with Gasteiger partial charge in [0.15, 0.2) is 0 Å². The average molecular weight is 423 g/mol. The molecule has 2 aliphatic rings. The molecule has 2 fully saturated rings. The number of rotatable bonds is 7. The molecule has 1 aromatic rings. The van der Waals surface area contributed by atoms with Gasteiger partial charge in [0.2, 0.25) is 21.8 Å². The lowest BCUT2D eigenvalue weighted by Crippen LogP contribution is -2.44. The fraction of sp³-hybridized carbons (Fsp3) is 0.600. The summed E-state index contributed by atoms with van der Waals surface area (Å²) in [5, 5.41) is 2.87. The van der Waals surface area contributed by atoms with E-state index in [4.69, 9.17) is 0 Å². The number of nitrogens with zero attached hydrogens (tertiary/aromatic N) is 3. The molecule has 3 rings (SSSR count). The zero-order valence-electron chi connectivity index (χ0n) is 17.1. The predicted molar refractivity (Wildman–Crippen MR) is 110 cm³/mol. The van der Waals surface area contributed by atoms with E-state index in [0.717, 1.165) is 18.4 Å². The summed E-state index contributed by atoms with van der Waals surface area (Å²) in [7, 11) is -1.91. The summed E-state index contributed by atoms with van der Waals surface area (Å²) in [6.45, 7) is 4.06. The second-order valence-electron chi connectivity index (χ2n) is 7.94. The third-order valence-corrected chi connectivity index (χ3v) is 7.23. The van der Waals surface area contributed by atoms with Gasteiger partial charge in [0.25, 0.3) is 0 Å². The van der Waals surface area contributed by atoms with Crippen molar-refractivity contribution in [1.29, 1.82) is 0 Å². The van der Waals surface area contributed by atoms with Gasteiger partial charge >= 0.3 is 0 Å². The molecule has 0 unspecified atom stereocenters. The first kappa shape index (κ1) is 21.7. The van der Waals surface area contributed by atoms with Crippen LogP contribution in [0.5, 0.6) is 0 Å². The third-order valence-electron chi connectivity index (χ3n) is 5.31. The van der Waals surface area contributed by atoms with Gasteiger partial charge in [-0.25, -0.2) is 8.42 Å². The first-order valence-electron chi connectivity index (χ1n) is 10.1. The van der Waals surface area contributed by atoms with E-state index in [-0.39, 0.29) is 30.9 Å². The Morgan fingerprint density at radius 2 is 1.79 bits per heavy atom. The Bertz CT molecular complexity index is 837. The number of hydrogen-bond acceptors (Lipinski definition) is 5. The summed E-state index contributed by atoms with van der Waals surface area (Å²) in [5.74, 6) is -0.264. The highest BCUT2D eigenvalue weighted by Gasteiger charge is 2.28. The Kier molecular flexibility index (Phi) is 6.92. The van der Waals surface area contributed by atoms with Crippen LogP contribution in [0.15, 0.2) is 29.2 Å². The number of amides is 2. The Morgan fingerprint density at radius 1 is 1.10 bits per heavy atom. The molecule has 1 saturated carbocycles. The second-order valence-corrected chi connectivity index (χ2v) is 9.88. The van der Waals surface area contributed by atoms with Gasteiger partial charge in [-0.2, -0.15) is 4.31 Å². The first-order chi connectivity index (χ1) is 13.8. The molecule has 1 N–H and O–H groups in total. The van der Waals surface area contributed by atoms with E-state index in [1.54, 1.807) is 31.3 Å². The fourth-order valence-corrected chi connectivity index (χ4v) is 4.79. The van der Waals surface area contributed by atoms with Gasteiger partial charge in [0, 0.05) is 32.7 Å². The number of sulfonamides is 1. The Balaban J connectivity index is 1.51. The third kappa shape index (κ3) is 6.01. The molecular weight excluding hydrogens is 392 g/mol. The quantitative estimate of drug-likeness (QED) is 0.688. The molecule has 1 heterocycles. The van der Waals surface area contributed by atoms with Crippen molar-refractivity contribution in [2.75, 3.05) is 46.3 Å². The molecule has 0 atom stereocenters. The van der Waals surface area contributed by atoms with Crippen LogP contribution in [-0.2, 0) is 19.6 Å². The van der Waals surface area contributed by atoms with Gasteiger partial charge in [-0.15, -0.1) is 0 Å². The zero-order valence-corrected chi connectivity index (χ0v) is 18.0. The van der Waals surface area contributed by atoms with Crippen LogP contribution in [-0.4, -0.2) is 86.7 Å². The van der Waals surface area contributed by atoms with Gasteiger partial charge in [-0.3, -0.25) is 14.5 Å². The van der Waals surface area contributed by atoms with Crippen LogP contribution in [0.2, 0.25) is 0 Å². The molecule has 0 aromatic heterocycles. The van der Waals surface area contributed by atoms with Gasteiger partial charge < -0.3 is 10.2 Å². The summed E-state index contributed by atoms with van der Waals surface area (Å²) in [6.07, 6.45) is 2.68. The minimum Gasteiger partial charge on any atom is -0.352 e. The van der Waals surface area contributed by atoms with E-state index in [2.05, 4.69) is 5.32 Å². The fourth-order valence-electron chi connectivity index (χ4n) is 3.32. The maximum absolute atomic E-state index is 12.9. The maximum atomic E-state index is 12.9. The standard InChI is InChI=1S/C20H30N4O4S/c1-16-4-8-18(9-5-16)29(27,28)24-11-3-10-23(12-13-24)15-20(26)22(2)14-19(25)21-17-6-7-17/h4-5,8-9,17H,3,6-7,10-15H2,1-2H3,(H,21,25). The zero-order chi connectivity index (χ0) is 21.0. The molecule has 0 bridgehead atoms. The number of aryl methyl sites for hydroxylation is 1. The van der Waals surface area contributed by atoms with Gasteiger partial charge in [0.1, 0.15) is 0 Å². The molecule has 8 nitrogen and oxygen atoms in total. The molecule has 2 amide bonds. The first-order valence-corrected chi connectivity index (χ1v) is 11.5. The second kappa shape index (κ2) is 9.23. The van der Waals surface area contributed by atoms with Crippen LogP contribution < -0.4 is 5.32 Å². The molecule has 1 aromatic carbocycles.